The van der Waals surface area contributed by atoms with E-state index < -0.39 is 15.0 Å². The molecule has 4 rings (SSSR count). The summed E-state index contributed by atoms with van der Waals surface area (Å²) in [6.45, 7) is 3.75. The van der Waals surface area contributed by atoms with Gasteiger partial charge >= 0.3 is 6.09 Å². The number of amides is 1. The molecule has 0 bridgehead atoms. The van der Waals surface area contributed by atoms with E-state index >= 15 is 0 Å². The van der Waals surface area contributed by atoms with Crippen molar-refractivity contribution in [2.45, 2.75) is 24.8 Å². The highest BCUT2D eigenvalue weighted by Gasteiger charge is 2.24. The van der Waals surface area contributed by atoms with Crippen molar-refractivity contribution < 1.29 is 27.1 Å². The molecule has 0 atom stereocenters. The highest BCUT2D eigenvalue weighted by Crippen LogP contribution is 2.27. The smallest absolute Gasteiger partial charge is 0.410 e. The quantitative estimate of drug-likeness (QED) is 0.224. The second-order valence-electron chi connectivity index (χ2n) is 8.92. The molecule has 0 N–H and O–H groups in total. The van der Waals surface area contributed by atoms with Crippen LogP contribution in [0.15, 0.2) is 77.7 Å². The lowest BCUT2D eigenvalue weighted by molar-refractivity contribution is -0.385. The summed E-state index contributed by atoms with van der Waals surface area (Å²) in [5, 5.41) is 11.6. The fourth-order valence-electron chi connectivity index (χ4n) is 4.14. The molecule has 1 aliphatic heterocycles. The summed E-state index contributed by atoms with van der Waals surface area (Å²) in [6.07, 6.45) is -0.342. The number of nitrogens with zero attached hydrogens (tertiary/aromatic N) is 3. The predicted octanol–water partition coefficient (Wildman–Crippen LogP) is 4.31. The molecule has 1 aliphatic rings. The van der Waals surface area contributed by atoms with Gasteiger partial charge in [-0.05, 0) is 36.8 Å². The highest BCUT2D eigenvalue weighted by atomic mass is 32.2. The zero-order valence-corrected chi connectivity index (χ0v) is 21.8. The van der Waals surface area contributed by atoms with Gasteiger partial charge < -0.3 is 14.5 Å². The van der Waals surface area contributed by atoms with Crippen molar-refractivity contribution in [2.24, 2.45) is 0 Å². The SMILES string of the molecule is Cc1ccc(S(=O)(=O)OCCc2cc(N3CCN(C(=O)OCc4ccccc4)CC3)ccc2[N+](=O)[O-])cc1. The van der Waals surface area contributed by atoms with Crippen molar-refractivity contribution >= 4 is 27.6 Å². The number of nitro groups is 1. The first-order chi connectivity index (χ1) is 18.2. The lowest BCUT2D eigenvalue weighted by Gasteiger charge is -2.35. The third-order valence-corrected chi connectivity index (χ3v) is 7.61. The van der Waals surface area contributed by atoms with E-state index in [4.69, 9.17) is 8.92 Å². The van der Waals surface area contributed by atoms with Gasteiger partial charge in [0.25, 0.3) is 15.8 Å². The Kier molecular flexibility index (Phi) is 8.59. The molecule has 3 aromatic carbocycles. The van der Waals surface area contributed by atoms with Crippen LogP contribution in [0.1, 0.15) is 16.7 Å². The summed E-state index contributed by atoms with van der Waals surface area (Å²) in [4.78, 5) is 27.2. The van der Waals surface area contributed by atoms with Crippen LogP contribution in [0.4, 0.5) is 16.2 Å². The molecular formula is C27H29N3O7S. The van der Waals surface area contributed by atoms with E-state index in [1.807, 2.05) is 42.2 Å². The lowest BCUT2D eigenvalue weighted by Crippen LogP contribution is -2.49. The van der Waals surface area contributed by atoms with Gasteiger partial charge in [0.15, 0.2) is 0 Å². The van der Waals surface area contributed by atoms with Gasteiger partial charge in [-0.1, -0.05) is 48.0 Å². The van der Waals surface area contributed by atoms with E-state index in [-0.39, 0.29) is 36.3 Å². The average molecular weight is 540 g/mol. The van der Waals surface area contributed by atoms with Gasteiger partial charge in [0, 0.05) is 49.9 Å². The van der Waals surface area contributed by atoms with Crippen LogP contribution in [0.25, 0.3) is 0 Å². The molecule has 1 amide bonds. The minimum absolute atomic E-state index is 0.0338. The van der Waals surface area contributed by atoms with Gasteiger partial charge in [-0.3, -0.25) is 14.3 Å². The average Bonchev–Trinajstić information content (AvgIpc) is 2.92. The summed E-state index contributed by atoms with van der Waals surface area (Å²) in [7, 11) is -3.98. The number of carbonyl (C=O) groups is 1. The number of hydrogen-bond acceptors (Lipinski definition) is 8. The summed E-state index contributed by atoms with van der Waals surface area (Å²) >= 11 is 0. The molecule has 1 fully saturated rings. The molecule has 200 valence electrons. The fourth-order valence-corrected chi connectivity index (χ4v) is 5.05. The number of benzene rings is 3. The molecule has 10 nitrogen and oxygen atoms in total. The first-order valence-corrected chi connectivity index (χ1v) is 13.6. The van der Waals surface area contributed by atoms with Crippen molar-refractivity contribution in [1.82, 2.24) is 4.90 Å². The second-order valence-corrected chi connectivity index (χ2v) is 10.5. The van der Waals surface area contributed by atoms with Crippen LogP contribution in [0.3, 0.4) is 0 Å². The van der Waals surface area contributed by atoms with Gasteiger partial charge in [-0.2, -0.15) is 8.42 Å². The van der Waals surface area contributed by atoms with Crippen LogP contribution in [0, 0.1) is 17.0 Å². The summed E-state index contributed by atoms with van der Waals surface area (Å²) in [5.41, 5.74) is 2.85. The minimum atomic E-state index is -3.98. The largest absolute Gasteiger partial charge is 0.445 e. The first-order valence-electron chi connectivity index (χ1n) is 12.2. The molecule has 0 unspecified atom stereocenters. The molecule has 1 heterocycles. The monoisotopic (exact) mass is 539 g/mol. The number of nitro benzene ring substituents is 1. The molecule has 11 heteroatoms. The van der Waals surface area contributed by atoms with Gasteiger partial charge in [0.1, 0.15) is 6.61 Å². The van der Waals surface area contributed by atoms with E-state index in [9.17, 15) is 23.3 Å². The summed E-state index contributed by atoms with van der Waals surface area (Å²) < 4.78 is 35.5. The maximum Gasteiger partial charge on any atom is 0.410 e. The van der Waals surface area contributed by atoms with Crippen molar-refractivity contribution in [2.75, 3.05) is 37.7 Å². The predicted molar refractivity (Wildman–Crippen MR) is 142 cm³/mol. The van der Waals surface area contributed by atoms with E-state index in [1.54, 1.807) is 29.2 Å². The van der Waals surface area contributed by atoms with Crippen LogP contribution in [0.2, 0.25) is 0 Å². The number of hydrogen-bond donors (Lipinski definition) is 0. The molecule has 0 spiro atoms. The Morgan fingerprint density at radius 3 is 2.32 bits per heavy atom. The third kappa shape index (κ3) is 6.87. The number of anilines is 1. The Balaban J connectivity index is 1.35. The molecule has 3 aromatic rings. The highest BCUT2D eigenvalue weighted by molar-refractivity contribution is 7.86. The molecule has 0 aromatic heterocycles. The summed E-state index contributed by atoms with van der Waals surface area (Å²) in [6, 6.07) is 20.5. The van der Waals surface area contributed by atoms with Crippen LogP contribution >= 0.6 is 0 Å². The number of ether oxygens (including phenoxy) is 1. The van der Waals surface area contributed by atoms with Gasteiger partial charge in [0.05, 0.1) is 16.4 Å². The summed E-state index contributed by atoms with van der Waals surface area (Å²) in [5.74, 6) is 0. The Hall–Kier alpha value is -3.96. The molecule has 38 heavy (non-hydrogen) atoms. The van der Waals surface area contributed by atoms with Crippen molar-refractivity contribution in [3.05, 3.63) is 99.6 Å². The fraction of sp³-hybridized carbons (Fsp3) is 0.296. The number of aryl methyl sites for hydroxylation is 1. The van der Waals surface area contributed by atoms with E-state index in [2.05, 4.69) is 0 Å². The Bertz CT molecular complexity index is 1370. The molecule has 0 radical (unpaired) electrons. The minimum Gasteiger partial charge on any atom is -0.445 e. The molecule has 0 saturated carbocycles. The van der Waals surface area contributed by atoms with E-state index in [0.717, 1.165) is 16.8 Å². The second kappa shape index (κ2) is 12.1. The molecule has 0 aliphatic carbocycles. The van der Waals surface area contributed by atoms with Crippen LogP contribution in [0.5, 0.6) is 0 Å². The maximum atomic E-state index is 12.5. The first kappa shape index (κ1) is 27.1. The lowest BCUT2D eigenvalue weighted by atomic mass is 10.1. The van der Waals surface area contributed by atoms with Gasteiger partial charge in [0.2, 0.25) is 0 Å². The van der Waals surface area contributed by atoms with E-state index in [1.165, 1.54) is 18.2 Å². The van der Waals surface area contributed by atoms with Crippen LogP contribution in [-0.4, -0.2) is 57.1 Å². The Labute approximate surface area is 221 Å². The molecular weight excluding hydrogens is 510 g/mol. The third-order valence-electron chi connectivity index (χ3n) is 6.29. The molecule has 1 saturated heterocycles. The normalized spacial score (nSPS) is 13.8. The number of rotatable bonds is 9. The Morgan fingerprint density at radius 2 is 1.66 bits per heavy atom. The Morgan fingerprint density at radius 1 is 0.974 bits per heavy atom. The maximum absolute atomic E-state index is 12.5. The van der Waals surface area contributed by atoms with E-state index in [0.29, 0.717) is 31.7 Å². The van der Waals surface area contributed by atoms with Gasteiger partial charge in [-0.15, -0.1) is 0 Å². The van der Waals surface area contributed by atoms with Crippen molar-refractivity contribution in [1.29, 1.82) is 0 Å². The topological polar surface area (TPSA) is 119 Å². The number of piperazine rings is 1. The number of carbonyl (C=O) groups excluding carboxylic acids is 1. The zero-order valence-electron chi connectivity index (χ0n) is 21.0. The van der Waals surface area contributed by atoms with Crippen molar-refractivity contribution in [3.63, 3.8) is 0 Å². The van der Waals surface area contributed by atoms with Crippen molar-refractivity contribution in [3.8, 4) is 0 Å². The zero-order chi connectivity index (χ0) is 27.1. The standard InChI is InChI=1S/C27H29N3O7S/c1-21-7-10-25(11-8-21)38(34,35)37-18-13-23-19-24(9-12-26(23)30(32)33)28-14-16-29(17-15-28)27(31)36-20-22-5-3-2-4-6-22/h2-12,19H,13-18,20H2,1H3. The van der Waals surface area contributed by atoms with Crippen LogP contribution < -0.4 is 4.90 Å². The van der Waals surface area contributed by atoms with Crippen LogP contribution in [-0.2, 0) is 32.1 Å². The van der Waals surface area contributed by atoms with Gasteiger partial charge in [-0.25, -0.2) is 4.79 Å².